The van der Waals surface area contributed by atoms with E-state index in [1.807, 2.05) is 0 Å². The fraction of sp³-hybridized carbons (Fsp3) is 0.118. The van der Waals surface area contributed by atoms with Crippen LogP contribution in [0.1, 0.15) is 38.8 Å². The van der Waals surface area contributed by atoms with Gasteiger partial charge < -0.3 is 4.74 Å². The van der Waals surface area contributed by atoms with Crippen LogP contribution < -0.4 is 5.32 Å². The van der Waals surface area contributed by atoms with Crippen molar-refractivity contribution in [1.29, 1.82) is 0 Å². The number of benzene rings is 2. The number of ether oxygens (including phenoxy) is 1. The number of fused-ring (bicyclic) bond motifs is 2. The van der Waals surface area contributed by atoms with Gasteiger partial charge in [-0.15, -0.1) is 0 Å². The second kappa shape index (κ2) is 5.44. The first kappa shape index (κ1) is 14.0. The molecule has 0 heterocycles. The molecule has 3 rings (SSSR count). The highest BCUT2D eigenvalue weighted by molar-refractivity contribution is 6.30. The zero-order valence-electron chi connectivity index (χ0n) is 11.9. The number of carbonyl (C=O) groups is 3. The van der Waals surface area contributed by atoms with Crippen LogP contribution in [0.2, 0.25) is 0 Å². The maximum absolute atomic E-state index is 12.7. The van der Waals surface area contributed by atoms with E-state index in [0.717, 1.165) is 0 Å². The summed E-state index contributed by atoms with van der Waals surface area (Å²) in [5.74, 6) is -0.504. The van der Waals surface area contributed by atoms with E-state index in [1.165, 1.54) is 0 Å². The van der Waals surface area contributed by atoms with Gasteiger partial charge >= 0.3 is 6.09 Å². The second-order valence-electron chi connectivity index (χ2n) is 4.78. The van der Waals surface area contributed by atoms with Crippen LogP contribution in [0.4, 0.5) is 10.5 Å². The van der Waals surface area contributed by atoms with Gasteiger partial charge in [0.2, 0.25) is 0 Å². The predicted molar refractivity (Wildman–Crippen MR) is 80.4 cm³/mol. The van der Waals surface area contributed by atoms with Crippen molar-refractivity contribution in [2.45, 2.75) is 6.92 Å². The van der Waals surface area contributed by atoms with Gasteiger partial charge in [-0.1, -0.05) is 36.4 Å². The lowest BCUT2D eigenvalue weighted by Gasteiger charge is -2.20. The zero-order chi connectivity index (χ0) is 15.7. The third-order valence-corrected chi connectivity index (χ3v) is 3.46. The first-order valence-corrected chi connectivity index (χ1v) is 6.88. The third-order valence-electron chi connectivity index (χ3n) is 3.46. The summed E-state index contributed by atoms with van der Waals surface area (Å²) in [4.78, 5) is 36.8. The highest BCUT2D eigenvalue weighted by Crippen LogP contribution is 2.31. The molecule has 110 valence electrons. The summed E-state index contributed by atoms with van der Waals surface area (Å²) >= 11 is 0. The monoisotopic (exact) mass is 295 g/mol. The molecule has 0 saturated heterocycles. The van der Waals surface area contributed by atoms with E-state index in [2.05, 4.69) is 5.32 Å². The molecule has 1 amide bonds. The van der Waals surface area contributed by atoms with Crippen LogP contribution in [-0.4, -0.2) is 24.3 Å². The van der Waals surface area contributed by atoms with Crippen LogP contribution >= 0.6 is 0 Å². The fourth-order valence-electron chi connectivity index (χ4n) is 2.53. The van der Waals surface area contributed by atoms with E-state index in [9.17, 15) is 14.4 Å². The molecule has 0 fully saturated rings. The minimum Gasteiger partial charge on any atom is -0.450 e. The molecule has 0 saturated carbocycles. The number of hydrogen-bond donors (Lipinski definition) is 1. The molecule has 22 heavy (non-hydrogen) atoms. The molecule has 5 heteroatoms. The molecule has 2 aromatic carbocycles. The largest absolute Gasteiger partial charge is 0.450 e. The molecule has 0 bridgehead atoms. The van der Waals surface area contributed by atoms with Crippen molar-refractivity contribution >= 4 is 23.3 Å². The topological polar surface area (TPSA) is 72.5 Å². The van der Waals surface area contributed by atoms with E-state index < -0.39 is 6.09 Å². The molecule has 0 unspecified atom stereocenters. The third kappa shape index (κ3) is 2.16. The van der Waals surface area contributed by atoms with E-state index >= 15 is 0 Å². The molecular weight excluding hydrogens is 282 g/mol. The van der Waals surface area contributed by atoms with Crippen LogP contribution in [0.5, 0.6) is 0 Å². The van der Waals surface area contributed by atoms with E-state index in [1.54, 1.807) is 49.4 Å². The minimum absolute atomic E-state index is 0.208. The quantitative estimate of drug-likeness (QED) is 0.788. The maximum Gasteiger partial charge on any atom is 0.411 e. The number of carbonyl (C=O) groups excluding carboxylic acids is 3. The van der Waals surface area contributed by atoms with Crippen LogP contribution in [-0.2, 0) is 4.74 Å². The Kier molecular flexibility index (Phi) is 3.47. The maximum atomic E-state index is 12.7. The van der Waals surface area contributed by atoms with Gasteiger partial charge in [0.25, 0.3) is 0 Å². The lowest BCUT2D eigenvalue weighted by molar-refractivity contribution is 0.0979. The van der Waals surface area contributed by atoms with Crippen molar-refractivity contribution in [2.24, 2.45) is 0 Å². The van der Waals surface area contributed by atoms with Crippen LogP contribution in [0.15, 0.2) is 42.5 Å². The number of ketones is 2. The summed E-state index contributed by atoms with van der Waals surface area (Å²) in [6, 6.07) is 11.5. The van der Waals surface area contributed by atoms with Crippen LogP contribution in [0, 0.1) is 0 Å². The molecule has 0 radical (unpaired) electrons. The molecular formula is C17H13NO4. The Morgan fingerprint density at radius 2 is 1.59 bits per heavy atom. The van der Waals surface area contributed by atoms with Crippen LogP contribution in [0.3, 0.4) is 0 Å². The number of rotatable bonds is 2. The Bertz CT molecular complexity index is 795. The number of amides is 1. The molecule has 0 aromatic heterocycles. The van der Waals surface area contributed by atoms with Gasteiger partial charge in [0.15, 0.2) is 11.6 Å². The lowest BCUT2D eigenvalue weighted by atomic mass is 9.83. The Morgan fingerprint density at radius 1 is 0.955 bits per heavy atom. The highest BCUT2D eigenvalue weighted by atomic mass is 16.5. The normalized spacial score (nSPS) is 12.4. The van der Waals surface area contributed by atoms with Gasteiger partial charge in [-0.25, -0.2) is 4.79 Å². The lowest BCUT2D eigenvalue weighted by Crippen LogP contribution is -2.24. The Balaban J connectivity index is 2.11. The Hall–Kier alpha value is -2.95. The van der Waals surface area contributed by atoms with Crippen molar-refractivity contribution in [1.82, 2.24) is 0 Å². The summed E-state index contributed by atoms with van der Waals surface area (Å²) in [6.45, 7) is 1.90. The van der Waals surface area contributed by atoms with Gasteiger partial charge in [0.05, 0.1) is 17.9 Å². The summed E-state index contributed by atoms with van der Waals surface area (Å²) in [7, 11) is 0. The van der Waals surface area contributed by atoms with Crippen molar-refractivity contribution < 1.29 is 19.1 Å². The van der Waals surface area contributed by atoms with Crippen molar-refractivity contribution in [3.05, 3.63) is 64.7 Å². The Labute approximate surface area is 126 Å². The standard InChI is InChI=1S/C17H13NO4/c1-2-22-17(21)18-13-9-5-8-12-14(13)16(20)11-7-4-3-6-10(11)15(12)19/h3-9H,2H2,1H3,(H,18,21). The van der Waals surface area contributed by atoms with Gasteiger partial charge in [0.1, 0.15) is 0 Å². The van der Waals surface area contributed by atoms with Crippen molar-refractivity contribution in [2.75, 3.05) is 11.9 Å². The molecule has 1 aliphatic rings. The molecule has 5 nitrogen and oxygen atoms in total. The summed E-state index contributed by atoms with van der Waals surface area (Å²) in [5, 5.41) is 2.52. The van der Waals surface area contributed by atoms with E-state index in [-0.39, 0.29) is 35.0 Å². The van der Waals surface area contributed by atoms with Gasteiger partial charge in [0, 0.05) is 16.7 Å². The molecule has 0 atom stereocenters. The average Bonchev–Trinajstić information content (AvgIpc) is 2.53. The van der Waals surface area contributed by atoms with Crippen molar-refractivity contribution in [3.8, 4) is 0 Å². The minimum atomic E-state index is -0.657. The zero-order valence-corrected chi connectivity index (χ0v) is 11.9. The molecule has 1 N–H and O–H groups in total. The highest BCUT2D eigenvalue weighted by Gasteiger charge is 2.31. The molecule has 0 aliphatic heterocycles. The predicted octanol–water partition coefficient (Wildman–Crippen LogP) is 3.03. The number of hydrogen-bond acceptors (Lipinski definition) is 4. The number of anilines is 1. The first-order valence-electron chi connectivity index (χ1n) is 6.88. The Morgan fingerprint density at radius 3 is 2.27 bits per heavy atom. The van der Waals surface area contributed by atoms with E-state index in [0.29, 0.717) is 11.1 Å². The SMILES string of the molecule is CCOC(=O)Nc1cccc2c1C(=O)c1ccccc1C2=O. The second-order valence-corrected chi connectivity index (χ2v) is 4.78. The van der Waals surface area contributed by atoms with Gasteiger partial charge in [-0.2, -0.15) is 0 Å². The van der Waals surface area contributed by atoms with Gasteiger partial charge in [-0.3, -0.25) is 14.9 Å². The molecule has 2 aromatic rings. The summed E-state index contributed by atoms with van der Waals surface area (Å²) < 4.78 is 4.82. The van der Waals surface area contributed by atoms with E-state index in [4.69, 9.17) is 4.74 Å². The average molecular weight is 295 g/mol. The first-order chi connectivity index (χ1) is 10.6. The summed E-state index contributed by atoms with van der Waals surface area (Å²) in [6.07, 6.45) is -0.657. The molecule has 0 spiro atoms. The summed E-state index contributed by atoms with van der Waals surface area (Å²) in [5.41, 5.74) is 1.51. The fourth-order valence-corrected chi connectivity index (χ4v) is 2.53. The van der Waals surface area contributed by atoms with Crippen LogP contribution in [0.25, 0.3) is 0 Å². The van der Waals surface area contributed by atoms with Crippen molar-refractivity contribution in [3.63, 3.8) is 0 Å². The smallest absolute Gasteiger partial charge is 0.411 e. The molecule has 1 aliphatic carbocycles. The number of nitrogens with one attached hydrogen (secondary N) is 1. The van der Waals surface area contributed by atoms with Gasteiger partial charge in [-0.05, 0) is 13.0 Å².